The number of hydrogen-bond acceptors (Lipinski definition) is 6. The number of rotatable bonds is 8. The number of hydrogen-bond donors (Lipinski definition) is 1. The van der Waals surface area contributed by atoms with Crippen molar-refractivity contribution in [3.05, 3.63) is 68.8 Å². The van der Waals surface area contributed by atoms with Crippen molar-refractivity contribution in [3.63, 3.8) is 0 Å². The van der Waals surface area contributed by atoms with E-state index < -0.39 is 17.7 Å². The molecule has 2 aliphatic rings. The molecule has 1 amide bonds. The van der Waals surface area contributed by atoms with Crippen molar-refractivity contribution in [1.82, 2.24) is 9.80 Å². The number of aliphatic hydroxyl groups excluding tert-OH is 1. The first-order valence-electron chi connectivity index (χ1n) is 11.6. The first-order chi connectivity index (χ1) is 16.5. The van der Waals surface area contributed by atoms with E-state index in [4.69, 9.17) is 9.47 Å². The number of Topliss-reactive ketones (excluding diaryl/α,β-unsaturated/α-hetero) is 1. The number of nitrogens with zero attached hydrogens (tertiary/aromatic N) is 2. The molecule has 2 saturated heterocycles. The summed E-state index contributed by atoms with van der Waals surface area (Å²) in [6, 6.07) is 14.1. The van der Waals surface area contributed by atoms with Gasteiger partial charge in [0, 0.05) is 35.3 Å². The van der Waals surface area contributed by atoms with Crippen molar-refractivity contribution in [1.29, 1.82) is 0 Å². The number of carbonyl (C=O) groups excluding carboxylic acids is 2. The maximum atomic E-state index is 13.2. The Morgan fingerprint density at radius 1 is 1.12 bits per heavy atom. The minimum atomic E-state index is -0.664. The SMILES string of the molecule is CCCOc1cccc(/C(O)=C2\C(=O)C(=O)N(CCN3CCOCC3)C2c2ccc(I)cc2)c1. The summed E-state index contributed by atoms with van der Waals surface area (Å²) in [6.45, 7) is 6.51. The van der Waals surface area contributed by atoms with Gasteiger partial charge in [-0.05, 0) is 58.8 Å². The Hall–Kier alpha value is -2.43. The van der Waals surface area contributed by atoms with Crippen molar-refractivity contribution in [3.8, 4) is 5.75 Å². The zero-order valence-corrected chi connectivity index (χ0v) is 21.4. The van der Waals surface area contributed by atoms with Crippen LogP contribution in [0.5, 0.6) is 5.75 Å². The van der Waals surface area contributed by atoms with Crippen LogP contribution in [0, 0.1) is 3.57 Å². The van der Waals surface area contributed by atoms with E-state index in [2.05, 4.69) is 27.5 Å². The van der Waals surface area contributed by atoms with Gasteiger partial charge in [-0.3, -0.25) is 14.5 Å². The van der Waals surface area contributed by atoms with E-state index in [1.54, 1.807) is 23.1 Å². The third kappa shape index (κ3) is 5.45. The summed E-state index contributed by atoms with van der Waals surface area (Å²) >= 11 is 2.22. The average molecular weight is 576 g/mol. The number of ether oxygens (including phenoxy) is 2. The summed E-state index contributed by atoms with van der Waals surface area (Å²) in [6.07, 6.45) is 0.858. The Balaban J connectivity index is 1.71. The van der Waals surface area contributed by atoms with Gasteiger partial charge in [-0.15, -0.1) is 0 Å². The van der Waals surface area contributed by atoms with Crippen LogP contribution in [0.4, 0.5) is 0 Å². The molecule has 4 rings (SSSR count). The summed E-state index contributed by atoms with van der Waals surface area (Å²) in [5, 5.41) is 11.3. The fraction of sp³-hybridized carbons (Fsp3) is 0.385. The number of aliphatic hydroxyl groups is 1. The normalized spacial score (nSPS) is 20.6. The lowest BCUT2D eigenvalue weighted by Gasteiger charge is -2.31. The summed E-state index contributed by atoms with van der Waals surface area (Å²) < 4.78 is 12.2. The van der Waals surface area contributed by atoms with Gasteiger partial charge >= 0.3 is 0 Å². The van der Waals surface area contributed by atoms with Gasteiger partial charge in [-0.25, -0.2) is 0 Å². The van der Waals surface area contributed by atoms with Crippen molar-refractivity contribution >= 4 is 40.0 Å². The molecule has 180 valence electrons. The van der Waals surface area contributed by atoms with Crippen LogP contribution in [0.1, 0.15) is 30.5 Å². The minimum Gasteiger partial charge on any atom is -0.507 e. The predicted molar refractivity (Wildman–Crippen MR) is 138 cm³/mol. The molecule has 0 spiro atoms. The summed E-state index contributed by atoms with van der Waals surface area (Å²) in [5.41, 5.74) is 1.36. The molecule has 8 heteroatoms. The molecule has 2 aromatic carbocycles. The van der Waals surface area contributed by atoms with E-state index >= 15 is 0 Å². The molecule has 2 aliphatic heterocycles. The quantitative estimate of drug-likeness (QED) is 0.223. The Labute approximate surface area is 213 Å². The largest absolute Gasteiger partial charge is 0.507 e. The van der Waals surface area contributed by atoms with Crippen LogP contribution in [0.3, 0.4) is 0 Å². The summed E-state index contributed by atoms with van der Waals surface area (Å²) in [4.78, 5) is 30.2. The van der Waals surface area contributed by atoms with Gasteiger partial charge in [0.25, 0.3) is 11.7 Å². The zero-order valence-electron chi connectivity index (χ0n) is 19.2. The van der Waals surface area contributed by atoms with Gasteiger partial charge in [0.2, 0.25) is 0 Å². The third-order valence-electron chi connectivity index (χ3n) is 6.07. The Bertz CT molecular complexity index is 1060. The second-order valence-corrected chi connectivity index (χ2v) is 9.62. The summed E-state index contributed by atoms with van der Waals surface area (Å²) in [7, 11) is 0. The first-order valence-corrected chi connectivity index (χ1v) is 12.6. The topological polar surface area (TPSA) is 79.3 Å². The van der Waals surface area contributed by atoms with E-state index in [0.29, 0.717) is 44.2 Å². The van der Waals surface area contributed by atoms with Gasteiger partial charge in [-0.1, -0.05) is 31.2 Å². The number of amides is 1. The minimum absolute atomic E-state index is 0.112. The van der Waals surface area contributed by atoms with Crippen molar-refractivity contribution in [2.24, 2.45) is 0 Å². The molecular formula is C26H29IN2O5. The molecule has 1 atom stereocenters. The van der Waals surface area contributed by atoms with Gasteiger partial charge < -0.3 is 19.5 Å². The smallest absolute Gasteiger partial charge is 0.295 e. The van der Waals surface area contributed by atoms with Crippen LogP contribution < -0.4 is 4.74 Å². The molecule has 0 saturated carbocycles. The number of morpholine rings is 1. The Morgan fingerprint density at radius 2 is 1.85 bits per heavy atom. The highest BCUT2D eigenvalue weighted by molar-refractivity contribution is 14.1. The summed E-state index contributed by atoms with van der Waals surface area (Å²) in [5.74, 6) is -0.823. The standard InChI is InChI=1S/C26H29IN2O5/c1-2-14-34-21-5-3-4-19(17-21)24(30)22-23(18-6-8-20(27)9-7-18)29(26(32)25(22)31)11-10-28-12-15-33-16-13-28/h3-9,17,23,30H,2,10-16H2,1H3/b24-22+. The van der Waals surface area contributed by atoms with E-state index in [1.807, 2.05) is 37.3 Å². The molecule has 2 heterocycles. The molecule has 0 aromatic heterocycles. The van der Waals surface area contributed by atoms with Crippen molar-refractivity contribution in [2.45, 2.75) is 19.4 Å². The number of carbonyl (C=O) groups is 2. The molecule has 0 aliphatic carbocycles. The molecule has 1 N–H and O–H groups in total. The van der Waals surface area contributed by atoms with E-state index in [9.17, 15) is 14.7 Å². The molecule has 34 heavy (non-hydrogen) atoms. The lowest BCUT2D eigenvalue weighted by molar-refractivity contribution is -0.140. The molecular weight excluding hydrogens is 547 g/mol. The second-order valence-electron chi connectivity index (χ2n) is 8.37. The number of halogens is 1. The van der Waals surface area contributed by atoms with Gasteiger partial charge in [0.1, 0.15) is 11.5 Å². The van der Waals surface area contributed by atoms with E-state index in [1.165, 1.54) is 0 Å². The van der Waals surface area contributed by atoms with Gasteiger partial charge in [0.05, 0.1) is 31.4 Å². The fourth-order valence-electron chi connectivity index (χ4n) is 4.28. The molecule has 0 bridgehead atoms. The Morgan fingerprint density at radius 3 is 2.56 bits per heavy atom. The van der Waals surface area contributed by atoms with Crippen LogP contribution in [-0.2, 0) is 14.3 Å². The second kappa shape index (κ2) is 11.3. The average Bonchev–Trinajstić information content (AvgIpc) is 3.12. The predicted octanol–water partition coefficient (Wildman–Crippen LogP) is 3.83. The van der Waals surface area contributed by atoms with Crippen LogP contribution in [-0.4, -0.2) is 72.6 Å². The van der Waals surface area contributed by atoms with Crippen LogP contribution in [0.15, 0.2) is 54.1 Å². The molecule has 0 radical (unpaired) electrons. The van der Waals surface area contributed by atoms with Crippen LogP contribution in [0.2, 0.25) is 0 Å². The number of benzene rings is 2. The number of likely N-dealkylation sites (tertiary alicyclic amines) is 1. The highest BCUT2D eigenvalue weighted by atomic mass is 127. The lowest BCUT2D eigenvalue weighted by Crippen LogP contribution is -2.42. The maximum Gasteiger partial charge on any atom is 0.295 e. The number of ketones is 1. The monoisotopic (exact) mass is 576 g/mol. The van der Waals surface area contributed by atoms with Crippen LogP contribution in [0.25, 0.3) is 5.76 Å². The molecule has 2 aromatic rings. The fourth-order valence-corrected chi connectivity index (χ4v) is 4.64. The third-order valence-corrected chi connectivity index (χ3v) is 6.79. The van der Waals surface area contributed by atoms with Crippen molar-refractivity contribution < 1.29 is 24.2 Å². The zero-order chi connectivity index (χ0) is 24.1. The lowest BCUT2D eigenvalue weighted by atomic mass is 9.95. The molecule has 7 nitrogen and oxygen atoms in total. The van der Waals surface area contributed by atoms with E-state index in [-0.39, 0.29) is 11.3 Å². The highest BCUT2D eigenvalue weighted by Gasteiger charge is 2.46. The maximum absolute atomic E-state index is 13.2. The van der Waals surface area contributed by atoms with Crippen LogP contribution >= 0.6 is 22.6 Å². The van der Waals surface area contributed by atoms with E-state index in [0.717, 1.165) is 28.6 Å². The highest BCUT2D eigenvalue weighted by Crippen LogP contribution is 2.39. The van der Waals surface area contributed by atoms with Crippen molar-refractivity contribution in [2.75, 3.05) is 46.0 Å². The molecule has 1 unspecified atom stereocenters. The van der Waals surface area contributed by atoms with Gasteiger partial charge in [-0.2, -0.15) is 0 Å². The first kappa shape index (κ1) is 24.7. The molecule has 2 fully saturated rings. The van der Waals surface area contributed by atoms with Gasteiger partial charge in [0.15, 0.2) is 0 Å². The Kier molecular flexibility index (Phi) is 8.23.